The molecule has 1 fully saturated rings. The van der Waals surface area contributed by atoms with E-state index in [0.29, 0.717) is 12.8 Å². The molecule has 1 unspecified atom stereocenters. The molecule has 1 aliphatic rings. The van der Waals surface area contributed by atoms with Crippen LogP contribution < -0.4 is 5.32 Å². The van der Waals surface area contributed by atoms with Crippen molar-refractivity contribution in [2.24, 2.45) is 5.41 Å². The molecule has 1 saturated carbocycles. The molecule has 0 spiro atoms. The van der Waals surface area contributed by atoms with E-state index in [0.717, 1.165) is 12.8 Å². The number of aliphatic carboxylic acids is 1. The summed E-state index contributed by atoms with van der Waals surface area (Å²) in [5.41, 5.74) is -2.67. The highest BCUT2D eigenvalue weighted by molar-refractivity contribution is 6.01. The number of hydrogen-bond donors (Lipinski definition) is 3. The largest absolute Gasteiger partial charge is 0.480 e. The van der Waals surface area contributed by atoms with E-state index in [1.807, 2.05) is 0 Å². The van der Waals surface area contributed by atoms with Gasteiger partial charge in [-0.15, -0.1) is 0 Å². The second kappa shape index (κ2) is 5.26. The molecule has 0 aromatic rings. The Labute approximate surface area is 108 Å². The number of carboxylic acids is 1. The van der Waals surface area contributed by atoms with E-state index in [4.69, 9.17) is 0 Å². The first kappa shape index (κ1) is 15.0. The fourth-order valence-corrected chi connectivity index (χ4v) is 1.98. The van der Waals surface area contributed by atoms with E-state index in [9.17, 15) is 19.8 Å². The lowest BCUT2D eigenvalue weighted by Gasteiger charge is -2.33. The van der Waals surface area contributed by atoms with Crippen molar-refractivity contribution in [3.63, 3.8) is 0 Å². The van der Waals surface area contributed by atoms with Crippen molar-refractivity contribution in [3.05, 3.63) is 0 Å². The molecule has 5 nitrogen and oxygen atoms in total. The Balaban J connectivity index is 2.84. The summed E-state index contributed by atoms with van der Waals surface area (Å²) >= 11 is 0. The van der Waals surface area contributed by atoms with Gasteiger partial charge in [-0.3, -0.25) is 9.59 Å². The summed E-state index contributed by atoms with van der Waals surface area (Å²) in [7, 11) is 0. The minimum absolute atomic E-state index is 0.0547. The molecule has 0 saturated heterocycles. The Bertz CT molecular complexity index is 334. The summed E-state index contributed by atoms with van der Waals surface area (Å²) in [4.78, 5) is 23.5. The SMILES string of the molecule is CCC(O)(CC)CC(C)(C(=O)O)C(=O)NC1CC1. The highest BCUT2D eigenvalue weighted by Crippen LogP contribution is 2.34. The third kappa shape index (κ3) is 3.22. The lowest BCUT2D eigenvalue weighted by Crippen LogP contribution is -2.50. The first-order chi connectivity index (χ1) is 8.27. The van der Waals surface area contributed by atoms with Crippen LogP contribution in [0.5, 0.6) is 0 Å². The van der Waals surface area contributed by atoms with Gasteiger partial charge in [0.2, 0.25) is 5.91 Å². The van der Waals surface area contributed by atoms with Gasteiger partial charge in [0, 0.05) is 12.5 Å². The Hall–Kier alpha value is -1.10. The van der Waals surface area contributed by atoms with Crippen LogP contribution in [0.4, 0.5) is 0 Å². The van der Waals surface area contributed by atoms with Gasteiger partial charge in [-0.2, -0.15) is 0 Å². The van der Waals surface area contributed by atoms with Gasteiger partial charge in [-0.25, -0.2) is 0 Å². The highest BCUT2D eigenvalue weighted by atomic mass is 16.4. The van der Waals surface area contributed by atoms with E-state index in [-0.39, 0.29) is 12.5 Å². The predicted molar refractivity (Wildman–Crippen MR) is 67.1 cm³/mol. The molecule has 5 heteroatoms. The van der Waals surface area contributed by atoms with E-state index in [1.54, 1.807) is 13.8 Å². The maximum absolute atomic E-state index is 12.1. The normalized spacial score (nSPS) is 19.1. The van der Waals surface area contributed by atoms with Crippen LogP contribution in [0.1, 0.15) is 52.9 Å². The van der Waals surface area contributed by atoms with Crippen LogP contribution in [0.25, 0.3) is 0 Å². The first-order valence-corrected chi connectivity index (χ1v) is 6.54. The number of rotatable bonds is 7. The van der Waals surface area contributed by atoms with Gasteiger partial charge in [0.05, 0.1) is 5.60 Å². The van der Waals surface area contributed by atoms with Gasteiger partial charge < -0.3 is 15.5 Å². The lowest BCUT2D eigenvalue weighted by atomic mass is 9.75. The average Bonchev–Trinajstić information content (AvgIpc) is 3.12. The van der Waals surface area contributed by atoms with Gasteiger partial charge in [-0.05, 0) is 32.6 Å². The third-order valence-corrected chi connectivity index (χ3v) is 3.88. The minimum Gasteiger partial charge on any atom is -0.480 e. The van der Waals surface area contributed by atoms with Crippen LogP contribution in [-0.2, 0) is 9.59 Å². The Morgan fingerprint density at radius 1 is 1.28 bits per heavy atom. The summed E-state index contributed by atoms with van der Waals surface area (Å²) in [6.07, 6.45) is 2.63. The monoisotopic (exact) mass is 257 g/mol. The molecular weight excluding hydrogens is 234 g/mol. The topological polar surface area (TPSA) is 86.6 Å². The molecule has 0 aliphatic heterocycles. The number of hydrogen-bond acceptors (Lipinski definition) is 3. The van der Waals surface area contributed by atoms with Crippen LogP contribution >= 0.6 is 0 Å². The van der Waals surface area contributed by atoms with E-state index in [1.165, 1.54) is 6.92 Å². The number of carbonyl (C=O) groups is 2. The molecule has 18 heavy (non-hydrogen) atoms. The summed E-state index contributed by atoms with van der Waals surface area (Å²) in [6.45, 7) is 4.98. The van der Waals surface area contributed by atoms with Gasteiger partial charge in [0.1, 0.15) is 5.41 Å². The van der Waals surface area contributed by atoms with Gasteiger partial charge in [0.25, 0.3) is 0 Å². The fraction of sp³-hybridized carbons (Fsp3) is 0.846. The van der Waals surface area contributed by atoms with Crippen molar-refractivity contribution in [2.75, 3.05) is 0 Å². The summed E-state index contributed by atoms with van der Waals surface area (Å²) in [5, 5.41) is 22.3. The van der Waals surface area contributed by atoms with Crippen molar-refractivity contribution < 1.29 is 19.8 Å². The second-order valence-electron chi connectivity index (χ2n) is 5.49. The molecule has 1 atom stereocenters. The Morgan fingerprint density at radius 3 is 2.11 bits per heavy atom. The number of carboxylic acid groups (broad SMARTS) is 1. The number of amides is 1. The van der Waals surface area contributed by atoms with Crippen molar-refractivity contribution in [1.29, 1.82) is 0 Å². The third-order valence-electron chi connectivity index (χ3n) is 3.88. The maximum Gasteiger partial charge on any atom is 0.319 e. The zero-order valence-electron chi connectivity index (χ0n) is 11.3. The molecule has 3 N–H and O–H groups in total. The number of nitrogens with one attached hydrogen (secondary N) is 1. The zero-order valence-corrected chi connectivity index (χ0v) is 11.3. The van der Waals surface area contributed by atoms with Crippen LogP contribution in [0.15, 0.2) is 0 Å². The molecule has 0 aromatic carbocycles. The summed E-state index contributed by atoms with van der Waals surface area (Å²) < 4.78 is 0. The van der Waals surface area contributed by atoms with Crippen molar-refractivity contribution >= 4 is 11.9 Å². The van der Waals surface area contributed by atoms with Crippen molar-refractivity contribution in [3.8, 4) is 0 Å². The van der Waals surface area contributed by atoms with Gasteiger partial charge in [-0.1, -0.05) is 13.8 Å². The van der Waals surface area contributed by atoms with Crippen molar-refractivity contribution in [1.82, 2.24) is 5.32 Å². The smallest absolute Gasteiger partial charge is 0.319 e. The van der Waals surface area contributed by atoms with E-state index in [2.05, 4.69) is 5.32 Å². The van der Waals surface area contributed by atoms with Crippen LogP contribution in [0.3, 0.4) is 0 Å². The molecule has 0 aromatic heterocycles. The Morgan fingerprint density at radius 2 is 1.78 bits per heavy atom. The molecular formula is C13H23NO4. The van der Waals surface area contributed by atoms with Crippen molar-refractivity contribution in [2.45, 2.75) is 64.5 Å². The molecule has 0 bridgehead atoms. The number of aliphatic hydroxyl groups is 1. The quantitative estimate of drug-likeness (QED) is 0.600. The summed E-state index contributed by atoms with van der Waals surface area (Å²) in [5.74, 6) is -1.67. The molecule has 0 radical (unpaired) electrons. The standard InChI is InChI=1S/C13H23NO4/c1-4-13(18,5-2)8-12(3,11(16)17)10(15)14-9-6-7-9/h9,18H,4-8H2,1-3H3,(H,14,15)(H,16,17). The van der Waals surface area contributed by atoms with Gasteiger partial charge >= 0.3 is 5.97 Å². The zero-order chi connectivity index (χ0) is 14.0. The first-order valence-electron chi connectivity index (χ1n) is 6.54. The van der Waals surface area contributed by atoms with Crippen LogP contribution in [0, 0.1) is 5.41 Å². The van der Waals surface area contributed by atoms with E-state index < -0.39 is 22.9 Å². The molecule has 1 aliphatic carbocycles. The molecule has 1 amide bonds. The lowest BCUT2D eigenvalue weighted by molar-refractivity contribution is -0.160. The Kier molecular flexibility index (Phi) is 4.37. The molecule has 104 valence electrons. The minimum atomic E-state index is -1.57. The predicted octanol–water partition coefficient (Wildman–Crippen LogP) is 1.30. The fourth-order valence-electron chi connectivity index (χ4n) is 1.98. The second-order valence-corrected chi connectivity index (χ2v) is 5.49. The highest BCUT2D eigenvalue weighted by Gasteiger charge is 2.47. The van der Waals surface area contributed by atoms with Gasteiger partial charge in [0.15, 0.2) is 0 Å². The molecule has 1 rings (SSSR count). The van der Waals surface area contributed by atoms with Crippen LogP contribution in [-0.4, -0.2) is 33.7 Å². The molecule has 0 heterocycles. The maximum atomic E-state index is 12.1. The van der Waals surface area contributed by atoms with E-state index >= 15 is 0 Å². The number of carbonyl (C=O) groups excluding carboxylic acids is 1. The van der Waals surface area contributed by atoms with Crippen LogP contribution in [0.2, 0.25) is 0 Å². The average molecular weight is 257 g/mol. The summed E-state index contributed by atoms with van der Waals surface area (Å²) in [6, 6.07) is 0.118.